The van der Waals surface area contributed by atoms with Crippen molar-refractivity contribution in [3.05, 3.63) is 0 Å². The smallest absolute Gasteiger partial charge is 0.307 e. The first kappa shape index (κ1) is 14.3. The molecule has 0 aromatic heterocycles. The maximum Gasteiger partial charge on any atom is 0.307 e. The summed E-state index contributed by atoms with van der Waals surface area (Å²) in [5.41, 5.74) is 0. The van der Waals surface area contributed by atoms with Crippen molar-refractivity contribution in [2.75, 3.05) is 26.3 Å². The second kappa shape index (κ2) is 5.46. The Morgan fingerprint density at radius 2 is 1.63 bits per heavy atom. The van der Waals surface area contributed by atoms with Crippen molar-refractivity contribution in [3.8, 4) is 0 Å². The van der Waals surface area contributed by atoms with E-state index in [1.807, 2.05) is 0 Å². The van der Waals surface area contributed by atoms with Gasteiger partial charge in [0.1, 0.15) is 0 Å². The highest BCUT2D eigenvalue weighted by molar-refractivity contribution is 5.84. The highest BCUT2D eigenvalue weighted by Crippen LogP contribution is 2.32. The predicted octanol–water partition coefficient (Wildman–Crippen LogP) is 0.709. The molecule has 2 unspecified atom stereocenters. The lowest BCUT2D eigenvalue weighted by atomic mass is 9.93. The van der Waals surface area contributed by atoms with E-state index in [0.29, 0.717) is 39.1 Å². The van der Waals surface area contributed by atoms with Gasteiger partial charge in [-0.25, -0.2) is 0 Å². The van der Waals surface area contributed by atoms with Gasteiger partial charge in [0, 0.05) is 31.8 Å². The number of likely N-dealkylation sites (tertiary alicyclic amines) is 1. The van der Waals surface area contributed by atoms with Crippen molar-refractivity contribution < 1.29 is 24.2 Å². The minimum atomic E-state index is -0.934. The van der Waals surface area contributed by atoms with Crippen LogP contribution < -0.4 is 0 Å². The number of carboxylic acids is 1. The first-order valence-corrected chi connectivity index (χ1v) is 6.75. The lowest BCUT2D eigenvalue weighted by Gasteiger charge is -2.38. The minimum absolute atomic E-state index is 0.0947. The molecule has 0 aromatic rings. The third-order valence-electron chi connectivity index (χ3n) is 4.18. The molecule has 0 bridgehead atoms. The van der Waals surface area contributed by atoms with E-state index >= 15 is 0 Å². The molecular weight excluding hydrogens is 250 g/mol. The highest BCUT2D eigenvalue weighted by atomic mass is 16.7. The zero-order chi connectivity index (χ0) is 14.0. The Labute approximate surface area is 112 Å². The van der Waals surface area contributed by atoms with Crippen LogP contribution in [0.25, 0.3) is 0 Å². The minimum Gasteiger partial charge on any atom is -0.481 e. The summed E-state index contributed by atoms with van der Waals surface area (Å²) in [5.74, 6) is -2.70. The average molecular weight is 271 g/mol. The number of aliphatic carboxylic acids is 1. The molecule has 1 amide bonds. The van der Waals surface area contributed by atoms with Crippen molar-refractivity contribution in [1.29, 1.82) is 0 Å². The van der Waals surface area contributed by atoms with Crippen LogP contribution >= 0.6 is 0 Å². The van der Waals surface area contributed by atoms with Gasteiger partial charge in [-0.3, -0.25) is 9.59 Å². The van der Waals surface area contributed by atoms with Crippen LogP contribution in [0.1, 0.15) is 26.7 Å². The molecule has 19 heavy (non-hydrogen) atoms. The van der Waals surface area contributed by atoms with Gasteiger partial charge in [0.2, 0.25) is 5.91 Å². The number of carboxylic acid groups (broad SMARTS) is 1. The highest BCUT2D eigenvalue weighted by Gasteiger charge is 2.42. The molecule has 2 saturated heterocycles. The van der Waals surface area contributed by atoms with Gasteiger partial charge in [0.15, 0.2) is 5.79 Å². The van der Waals surface area contributed by atoms with E-state index in [0.717, 1.165) is 0 Å². The van der Waals surface area contributed by atoms with Gasteiger partial charge in [-0.15, -0.1) is 0 Å². The van der Waals surface area contributed by atoms with E-state index in [-0.39, 0.29) is 5.91 Å². The zero-order valence-electron chi connectivity index (χ0n) is 11.4. The molecule has 2 aliphatic heterocycles. The van der Waals surface area contributed by atoms with Crippen LogP contribution in [0.2, 0.25) is 0 Å². The van der Waals surface area contributed by atoms with Gasteiger partial charge < -0.3 is 19.5 Å². The SMILES string of the molecule is CC(C(=O)O)C(C)C(=O)N1CCC2(CC1)OCCO2. The Hall–Kier alpha value is -1.14. The molecule has 2 fully saturated rings. The quantitative estimate of drug-likeness (QED) is 0.818. The molecule has 108 valence electrons. The normalized spacial score (nSPS) is 25.3. The topological polar surface area (TPSA) is 76.1 Å². The van der Waals surface area contributed by atoms with Crippen LogP contribution in [0.3, 0.4) is 0 Å². The van der Waals surface area contributed by atoms with Gasteiger partial charge in [0.05, 0.1) is 19.1 Å². The molecule has 2 rings (SSSR count). The monoisotopic (exact) mass is 271 g/mol. The molecule has 0 saturated carbocycles. The van der Waals surface area contributed by atoms with Gasteiger partial charge in [0.25, 0.3) is 0 Å². The molecule has 2 atom stereocenters. The second-order valence-electron chi connectivity index (χ2n) is 5.35. The Balaban J connectivity index is 1.90. The van der Waals surface area contributed by atoms with Gasteiger partial charge in [-0.2, -0.15) is 0 Å². The molecular formula is C13H21NO5. The molecule has 0 aliphatic carbocycles. The summed E-state index contributed by atoms with van der Waals surface area (Å²) in [6, 6.07) is 0. The number of nitrogens with zero attached hydrogens (tertiary/aromatic N) is 1. The zero-order valence-corrected chi connectivity index (χ0v) is 11.4. The van der Waals surface area contributed by atoms with Crippen LogP contribution in [0.5, 0.6) is 0 Å². The fraction of sp³-hybridized carbons (Fsp3) is 0.846. The van der Waals surface area contributed by atoms with Gasteiger partial charge in [-0.05, 0) is 0 Å². The van der Waals surface area contributed by atoms with Crippen LogP contribution in [0.15, 0.2) is 0 Å². The Kier molecular flexibility index (Phi) is 4.10. The fourth-order valence-electron chi connectivity index (χ4n) is 2.57. The maximum absolute atomic E-state index is 12.2. The fourth-order valence-corrected chi connectivity index (χ4v) is 2.57. The molecule has 2 heterocycles. The van der Waals surface area contributed by atoms with Crippen molar-refractivity contribution in [2.24, 2.45) is 11.8 Å². The van der Waals surface area contributed by atoms with E-state index < -0.39 is 23.6 Å². The molecule has 1 N–H and O–H groups in total. The molecule has 1 spiro atoms. The third-order valence-corrected chi connectivity index (χ3v) is 4.18. The van der Waals surface area contributed by atoms with E-state index in [4.69, 9.17) is 14.6 Å². The summed E-state index contributed by atoms with van der Waals surface area (Å²) in [6.07, 6.45) is 1.32. The number of hydrogen-bond acceptors (Lipinski definition) is 4. The Morgan fingerprint density at radius 3 is 2.11 bits per heavy atom. The van der Waals surface area contributed by atoms with Crippen LogP contribution in [0, 0.1) is 11.8 Å². The number of ether oxygens (including phenoxy) is 2. The number of rotatable bonds is 3. The summed E-state index contributed by atoms with van der Waals surface area (Å²) in [4.78, 5) is 24.9. The molecule has 6 nitrogen and oxygen atoms in total. The summed E-state index contributed by atoms with van der Waals surface area (Å²) in [6.45, 7) is 5.60. The summed E-state index contributed by atoms with van der Waals surface area (Å²) < 4.78 is 11.2. The van der Waals surface area contributed by atoms with Crippen LogP contribution in [0.4, 0.5) is 0 Å². The van der Waals surface area contributed by atoms with Crippen LogP contribution in [-0.2, 0) is 19.1 Å². The van der Waals surface area contributed by atoms with Crippen molar-refractivity contribution >= 4 is 11.9 Å². The molecule has 0 aromatic carbocycles. The van der Waals surface area contributed by atoms with E-state index in [1.54, 1.807) is 18.7 Å². The van der Waals surface area contributed by atoms with Crippen molar-refractivity contribution in [1.82, 2.24) is 4.90 Å². The Morgan fingerprint density at radius 1 is 1.11 bits per heavy atom. The first-order chi connectivity index (χ1) is 8.95. The third kappa shape index (κ3) is 2.90. The second-order valence-corrected chi connectivity index (χ2v) is 5.35. The number of carbonyl (C=O) groups is 2. The van der Waals surface area contributed by atoms with E-state index in [1.165, 1.54) is 0 Å². The lowest BCUT2D eigenvalue weighted by Crippen LogP contribution is -2.49. The van der Waals surface area contributed by atoms with E-state index in [9.17, 15) is 9.59 Å². The molecule has 6 heteroatoms. The Bertz CT molecular complexity index is 354. The van der Waals surface area contributed by atoms with Gasteiger partial charge >= 0.3 is 5.97 Å². The van der Waals surface area contributed by atoms with Gasteiger partial charge in [-0.1, -0.05) is 13.8 Å². The van der Waals surface area contributed by atoms with Crippen molar-refractivity contribution in [2.45, 2.75) is 32.5 Å². The largest absolute Gasteiger partial charge is 0.481 e. The number of piperidine rings is 1. The lowest BCUT2D eigenvalue weighted by molar-refractivity contribution is -0.189. The summed E-state index contributed by atoms with van der Waals surface area (Å²) >= 11 is 0. The summed E-state index contributed by atoms with van der Waals surface area (Å²) in [7, 11) is 0. The predicted molar refractivity (Wildman–Crippen MR) is 66.4 cm³/mol. The number of carbonyl (C=O) groups excluding carboxylic acids is 1. The molecule has 0 radical (unpaired) electrons. The summed E-state index contributed by atoms with van der Waals surface area (Å²) in [5, 5.41) is 8.96. The molecule has 2 aliphatic rings. The number of amides is 1. The van der Waals surface area contributed by atoms with Crippen LogP contribution in [-0.4, -0.2) is 54.0 Å². The first-order valence-electron chi connectivity index (χ1n) is 6.75. The maximum atomic E-state index is 12.2. The standard InChI is InChI=1S/C13H21NO5/c1-9(10(2)12(16)17)11(15)14-5-3-13(4-6-14)18-7-8-19-13/h9-10H,3-8H2,1-2H3,(H,16,17). The van der Waals surface area contributed by atoms with Crippen molar-refractivity contribution in [3.63, 3.8) is 0 Å². The van der Waals surface area contributed by atoms with E-state index in [2.05, 4.69) is 0 Å². The average Bonchev–Trinajstić information content (AvgIpc) is 2.85. The number of hydrogen-bond donors (Lipinski definition) is 1.